The van der Waals surface area contributed by atoms with Gasteiger partial charge in [0.1, 0.15) is 10.6 Å². The van der Waals surface area contributed by atoms with E-state index in [1.54, 1.807) is 23.5 Å². The van der Waals surface area contributed by atoms with Crippen LogP contribution in [0, 0.1) is 17.0 Å². The van der Waals surface area contributed by atoms with Crippen LogP contribution in [-0.4, -0.2) is 27.9 Å². The van der Waals surface area contributed by atoms with E-state index in [0.717, 1.165) is 20.8 Å². The van der Waals surface area contributed by atoms with Crippen LogP contribution >= 0.6 is 11.3 Å². The number of amides is 1. The molecule has 0 aliphatic heterocycles. The lowest BCUT2D eigenvalue weighted by Gasteiger charge is -2.13. The third-order valence-corrected chi connectivity index (χ3v) is 5.98. The molecule has 3 aromatic carbocycles. The highest BCUT2D eigenvalue weighted by Gasteiger charge is 2.25. The molecular weight excluding hydrogens is 442 g/mol. The Balaban J connectivity index is 1.42. The number of esters is 1. The second-order valence-corrected chi connectivity index (χ2v) is 8.41. The molecule has 0 spiro atoms. The van der Waals surface area contributed by atoms with Crippen LogP contribution in [0.1, 0.15) is 22.8 Å². The largest absolute Gasteiger partial charge is 0.449 e. The van der Waals surface area contributed by atoms with Gasteiger partial charge in [0.05, 0.1) is 15.1 Å². The Morgan fingerprint density at radius 2 is 1.82 bits per heavy atom. The molecule has 1 atom stereocenters. The number of rotatable bonds is 6. The van der Waals surface area contributed by atoms with Gasteiger partial charge in [-0.3, -0.25) is 14.9 Å². The molecular formula is C24H19N3O5S. The van der Waals surface area contributed by atoms with Crippen molar-refractivity contribution in [3.8, 4) is 10.6 Å². The zero-order chi connectivity index (χ0) is 23.5. The molecule has 4 aromatic rings. The fourth-order valence-corrected chi connectivity index (χ4v) is 4.25. The summed E-state index contributed by atoms with van der Waals surface area (Å²) in [6.45, 7) is 3.44. The van der Waals surface area contributed by atoms with Crippen LogP contribution in [0.25, 0.3) is 20.8 Å². The molecule has 4 rings (SSSR count). The summed E-state index contributed by atoms with van der Waals surface area (Å²) in [6.07, 6.45) is -1.15. The number of para-hydroxylation sites is 1. The fraction of sp³-hybridized carbons (Fsp3) is 0.125. The molecule has 0 aliphatic carbocycles. The molecule has 1 amide bonds. The Kier molecular flexibility index (Phi) is 6.14. The van der Waals surface area contributed by atoms with Crippen molar-refractivity contribution < 1.29 is 19.2 Å². The van der Waals surface area contributed by atoms with Crippen molar-refractivity contribution in [3.05, 3.63) is 88.0 Å². The van der Waals surface area contributed by atoms with Crippen molar-refractivity contribution in [2.75, 3.05) is 5.32 Å². The number of nitrogens with zero attached hydrogens (tertiary/aromatic N) is 2. The average molecular weight is 461 g/mol. The highest BCUT2D eigenvalue weighted by atomic mass is 32.1. The second-order valence-electron chi connectivity index (χ2n) is 7.38. The van der Waals surface area contributed by atoms with Crippen molar-refractivity contribution in [2.24, 2.45) is 0 Å². The first-order chi connectivity index (χ1) is 15.8. The molecule has 1 unspecified atom stereocenters. The van der Waals surface area contributed by atoms with E-state index in [1.165, 1.54) is 36.8 Å². The van der Waals surface area contributed by atoms with Gasteiger partial charge in [0, 0.05) is 17.3 Å². The monoisotopic (exact) mass is 461 g/mol. The molecule has 8 nitrogen and oxygen atoms in total. The van der Waals surface area contributed by atoms with Gasteiger partial charge in [-0.25, -0.2) is 9.78 Å². The van der Waals surface area contributed by atoms with E-state index in [2.05, 4.69) is 16.4 Å². The first-order valence-electron chi connectivity index (χ1n) is 10.0. The van der Waals surface area contributed by atoms with Gasteiger partial charge in [-0.2, -0.15) is 0 Å². The number of carbonyl (C=O) groups is 2. The molecule has 0 aliphatic rings. The maximum Gasteiger partial charge on any atom is 0.345 e. The zero-order valence-electron chi connectivity index (χ0n) is 17.8. The Labute approximate surface area is 193 Å². The van der Waals surface area contributed by atoms with Crippen LogP contribution in [-0.2, 0) is 9.53 Å². The third kappa shape index (κ3) is 4.88. The summed E-state index contributed by atoms with van der Waals surface area (Å²) in [5.41, 5.74) is 2.96. The van der Waals surface area contributed by atoms with Gasteiger partial charge in [-0.1, -0.05) is 18.2 Å². The molecule has 1 aromatic heterocycles. The van der Waals surface area contributed by atoms with Crippen LogP contribution in [0.2, 0.25) is 0 Å². The molecule has 1 heterocycles. The standard InChI is InChI=1S/C24H19N3O5S/c1-14-7-12-19-21(13-14)33-23(26-19)16-8-10-17(11-9-16)25-22(28)15(2)32-24(29)18-5-3-4-6-20(18)27(30)31/h3-13,15H,1-2H3,(H,25,28). The van der Waals surface area contributed by atoms with E-state index in [1.807, 2.05) is 31.2 Å². The van der Waals surface area contributed by atoms with E-state index in [-0.39, 0.29) is 11.3 Å². The number of hydrogen-bond donors (Lipinski definition) is 1. The van der Waals surface area contributed by atoms with E-state index in [0.29, 0.717) is 5.69 Å². The first kappa shape index (κ1) is 22.1. The number of nitro groups is 1. The molecule has 33 heavy (non-hydrogen) atoms. The number of nitro benzene ring substituents is 1. The van der Waals surface area contributed by atoms with Gasteiger partial charge < -0.3 is 10.1 Å². The summed E-state index contributed by atoms with van der Waals surface area (Å²) >= 11 is 1.59. The topological polar surface area (TPSA) is 111 Å². The van der Waals surface area contributed by atoms with Crippen LogP contribution in [0.5, 0.6) is 0 Å². The summed E-state index contributed by atoms with van der Waals surface area (Å²) < 4.78 is 6.24. The van der Waals surface area contributed by atoms with Crippen molar-refractivity contribution >= 4 is 44.8 Å². The minimum atomic E-state index is -1.15. The van der Waals surface area contributed by atoms with E-state index >= 15 is 0 Å². The quantitative estimate of drug-likeness (QED) is 0.235. The predicted octanol–water partition coefficient (Wildman–Crippen LogP) is 5.36. The second kappa shape index (κ2) is 9.17. The normalized spacial score (nSPS) is 11.7. The maximum atomic E-state index is 12.5. The lowest BCUT2D eigenvalue weighted by Crippen LogP contribution is -2.30. The van der Waals surface area contributed by atoms with Crippen molar-refractivity contribution in [1.82, 2.24) is 4.98 Å². The molecule has 0 bridgehead atoms. The summed E-state index contributed by atoms with van der Waals surface area (Å²) in [5, 5.41) is 14.7. The van der Waals surface area contributed by atoms with Crippen molar-refractivity contribution in [1.29, 1.82) is 0 Å². The smallest absolute Gasteiger partial charge is 0.345 e. The summed E-state index contributed by atoms with van der Waals surface area (Å²) in [6, 6.07) is 18.7. The van der Waals surface area contributed by atoms with Gasteiger partial charge in [0.2, 0.25) is 0 Å². The van der Waals surface area contributed by atoms with Crippen LogP contribution in [0.15, 0.2) is 66.7 Å². The van der Waals surface area contributed by atoms with Gasteiger partial charge in [0.25, 0.3) is 11.6 Å². The molecule has 0 radical (unpaired) electrons. The summed E-state index contributed by atoms with van der Waals surface area (Å²) in [5.74, 6) is -1.49. The van der Waals surface area contributed by atoms with Gasteiger partial charge in [-0.05, 0) is 61.9 Å². The lowest BCUT2D eigenvalue weighted by molar-refractivity contribution is -0.385. The van der Waals surface area contributed by atoms with Crippen molar-refractivity contribution in [2.45, 2.75) is 20.0 Å². The number of aromatic nitrogens is 1. The molecule has 166 valence electrons. The highest BCUT2D eigenvalue weighted by Crippen LogP contribution is 2.31. The highest BCUT2D eigenvalue weighted by molar-refractivity contribution is 7.21. The number of aryl methyl sites for hydroxylation is 1. The Bertz CT molecular complexity index is 1360. The summed E-state index contributed by atoms with van der Waals surface area (Å²) in [7, 11) is 0. The SMILES string of the molecule is Cc1ccc2nc(-c3ccc(NC(=O)C(C)OC(=O)c4ccccc4[N+](=O)[O-])cc3)sc2c1. The summed E-state index contributed by atoms with van der Waals surface area (Å²) in [4.78, 5) is 39.9. The number of thiazole rings is 1. The number of benzene rings is 3. The third-order valence-electron chi connectivity index (χ3n) is 4.92. The van der Waals surface area contributed by atoms with Gasteiger partial charge in [0.15, 0.2) is 6.10 Å². The van der Waals surface area contributed by atoms with Crippen LogP contribution in [0.3, 0.4) is 0 Å². The van der Waals surface area contributed by atoms with Crippen LogP contribution < -0.4 is 5.32 Å². The number of nitrogens with one attached hydrogen (secondary N) is 1. The lowest BCUT2D eigenvalue weighted by atomic mass is 10.2. The Morgan fingerprint density at radius 1 is 1.09 bits per heavy atom. The zero-order valence-corrected chi connectivity index (χ0v) is 18.6. The van der Waals surface area contributed by atoms with Crippen molar-refractivity contribution in [3.63, 3.8) is 0 Å². The Hall–Kier alpha value is -4.11. The minimum absolute atomic E-state index is 0.211. The molecule has 0 saturated carbocycles. The average Bonchev–Trinajstić information content (AvgIpc) is 3.22. The van der Waals surface area contributed by atoms with E-state index in [4.69, 9.17) is 4.74 Å². The number of ether oxygens (including phenoxy) is 1. The molecule has 0 fully saturated rings. The number of fused-ring (bicyclic) bond motifs is 1. The predicted molar refractivity (Wildman–Crippen MR) is 126 cm³/mol. The first-order valence-corrected chi connectivity index (χ1v) is 10.9. The van der Waals surface area contributed by atoms with Crippen LogP contribution in [0.4, 0.5) is 11.4 Å². The number of carbonyl (C=O) groups excluding carboxylic acids is 2. The number of anilines is 1. The van der Waals surface area contributed by atoms with Gasteiger partial charge >= 0.3 is 5.97 Å². The van der Waals surface area contributed by atoms with E-state index < -0.39 is 22.9 Å². The molecule has 9 heteroatoms. The minimum Gasteiger partial charge on any atom is -0.449 e. The molecule has 0 saturated heterocycles. The maximum absolute atomic E-state index is 12.5. The molecule has 1 N–H and O–H groups in total. The Morgan fingerprint density at radius 3 is 2.55 bits per heavy atom. The number of hydrogen-bond acceptors (Lipinski definition) is 7. The fourth-order valence-electron chi connectivity index (χ4n) is 3.18. The van der Waals surface area contributed by atoms with Gasteiger partial charge in [-0.15, -0.1) is 11.3 Å². The van der Waals surface area contributed by atoms with E-state index in [9.17, 15) is 19.7 Å².